The molecule has 1 aliphatic rings. The van der Waals surface area contributed by atoms with Gasteiger partial charge in [0.1, 0.15) is 5.82 Å². The smallest absolute Gasteiger partial charge is 0.257 e. The van der Waals surface area contributed by atoms with Gasteiger partial charge in [0, 0.05) is 17.5 Å². The Hall–Kier alpha value is -1.82. The van der Waals surface area contributed by atoms with Gasteiger partial charge in [0.15, 0.2) is 5.82 Å². The lowest BCUT2D eigenvalue weighted by Gasteiger charge is -2.13. The molecule has 0 bridgehead atoms. The number of rotatable bonds is 3. The van der Waals surface area contributed by atoms with E-state index in [-0.39, 0.29) is 11.8 Å². The minimum atomic E-state index is -0.217. The van der Waals surface area contributed by atoms with Crippen LogP contribution >= 0.6 is 0 Å². The highest BCUT2D eigenvalue weighted by Crippen LogP contribution is 2.24. The van der Waals surface area contributed by atoms with E-state index in [0.717, 1.165) is 11.4 Å². The van der Waals surface area contributed by atoms with Gasteiger partial charge in [-0.15, -0.1) is 0 Å². The summed E-state index contributed by atoms with van der Waals surface area (Å²) in [6, 6.07) is 1.76. The molecule has 1 atom stereocenters. The van der Waals surface area contributed by atoms with Crippen LogP contribution in [-0.2, 0) is 4.79 Å². The highest BCUT2D eigenvalue weighted by molar-refractivity contribution is 6.14. The van der Waals surface area contributed by atoms with Crippen molar-refractivity contribution in [3.8, 4) is 0 Å². The van der Waals surface area contributed by atoms with Crippen LogP contribution in [0.5, 0.6) is 0 Å². The zero-order valence-corrected chi connectivity index (χ0v) is 10.8. The topological polar surface area (TPSA) is 84.5 Å². The molecule has 1 aromatic rings. The van der Waals surface area contributed by atoms with E-state index in [0.29, 0.717) is 24.6 Å². The van der Waals surface area contributed by atoms with Gasteiger partial charge in [-0.05, 0) is 33.7 Å². The number of hydrogen-bond donors (Lipinski definition) is 1. The summed E-state index contributed by atoms with van der Waals surface area (Å²) in [5.41, 5.74) is 7.12. The van der Waals surface area contributed by atoms with Crippen LogP contribution in [0.2, 0.25) is 0 Å². The summed E-state index contributed by atoms with van der Waals surface area (Å²) < 4.78 is 0. The van der Waals surface area contributed by atoms with Crippen molar-refractivity contribution in [3.05, 3.63) is 17.6 Å². The van der Waals surface area contributed by atoms with Crippen molar-refractivity contribution in [3.63, 3.8) is 0 Å². The molecule has 0 aromatic carbocycles. The molecule has 2 rings (SSSR count). The van der Waals surface area contributed by atoms with Gasteiger partial charge in [0.05, 0.1) is 5.92 Å². The molecule has 1 aromatic heterocycles. The SMILES string of the molecule is CC1=NN(c2cc(C)nc(C)n2)C(=O)C1CCN. The Kier molecular flexibility index (Phi) is 3.38. The van der Waals surface area contributed by atoms with Gasteiger partial charge >= 0.3 is 0 Å². The van der Waals surface area contributed by atoms with E-state index in [1.807, 2.05) is 13.8 Å². The second-order valence-electron chi connectivity index (χ2n) is 4.44. The molecule has 2 heterocycles. The predicted molar refractivity (Wildman–Crippen MR) is 69.3 cm³/mol. The maximum atomic E-state index is 12.2. The molecule has 6 heteroatoms. The third kappa shape index (κ3) is 2.24. The fraction of sp³-hybridized carbons (Fsp3) is 0.500. The minimum absolute atomic E-state index is 0.0598. The average Bonchev–Trinajstić information content (AvgIpc) is 2.56. The quantitative estimate of drug-likeness (QED) is 0.855. The highest BCUT2D eigenvalue weighted by Gasteiger charge is 2.34. The number of hydrogen-bond acceptors (Lipinski definition) is 5. The Bertz CT molecular complexity index is 491. The first-order valence-electron chi connectivity index (χ1n) is 5.94. The Morgan fingerprint density at radius 2 is 2.06 bits per heavy atom. The monoisotopic (exact) mass is 247 g/mol. The van der Waals surface area contributed by atoms with Crippen LogP contribution in [0.1, 0.15) is 24.9 Å². The summed E-state index contributed by atoms with van der Waals surface area (Å²) in [6.45, 7) is 5.98. The number of aromatic nitrogens is 2. The number of nitrogens with two attached hydrogens (primary N) is 1. The van der Waals surface area contributed by atoms with Crippen LogP contribution < -0.4 is 10.7 Å². The first-order chi connectivity index (χ1) is 8.52. The highest BCUT2D eigenvalue weighted by atomic mass is 16.2. The largest absolute Gasteiger partial charge is 0.330 e. The summed E-state index contributed by atoms with van der Waals surface area (Å²) in [4.78, 5) is 20.7. The van der Waals surface area contributed by atoms with E-state index >= 15 is 0 Å². The molecule has 0 spiro atoms. The molecule has 0 saturated heterocycles. The van der Waals surface area contributed by atoms with Gasteiger partial charge < -0.3 is 5.73 Å². The molecule has 18 heavy (non-hydrogen) atoms. The molecule has 0 fully saturated rings. The summed E-state index contributed by atoms with van der Waals surface area (Å²) in [5, 5.41) is 5.64. The molecule has 0 aliphatic carbocycles. The third-order valence-electron chi connectivity index (χ3n) is 2.89. The van der Waals surface area contributed by atoms with Crippen LogP contribution in [0.25, 0.3) is 0 Å². The number of anilines is 1. The van der Waals surface area contributed by atoms with Gasteiger partial charge in [0.2, 0.25) is 0 Å². The van der Waals surface area contributed by atoms with Gasteiger partial charge in [0.25, 0.3) is 5.91 Å². The minimum Gasteiger partial charge on any atom is -0.330 e. The van der Waals surface area contributed by atoms with E-state index in [2.05, 4.69) is 15.1 Å². The number of nitrogens with zero attached hydrogens (tertiary/aromatic N) is 4. The van der Waals surface area contributed by atoms with Gasteiger partial charge in [-0.25, -0.2) is 9.97 Å². The van der Waals surface area contributed by atoms with Crippen LogP contribution in [0.3, 0.4) is 0 Å². The molecule has 1 unspecified atom stereocenters. The van der Waals surface area contributed by atoms with Gasteiger partial charge in [-0.1, -0.05) is 0 Å². The standard InChI is InChI=1S/C12H17N5O/c1-7-6-11(15-9(3)14-7)17-12(18)10(4-5-13)8(2)16-17/h6,10H,4-5,13H2,1-3H3. The van der Waals surface area contributed by atoms with Crippen molar-refractivity contribution < 1.29 is 4.79 Å². The van der Waals surface area contributed by atoms with Crippen molar-refractivity contribution in [2.24, 2.45) is 16.8 Å². The lowest BCUT2D eigenvalue weighted by atomic mass is 10.0. The van der Waals surface area contributed by atoms with Crippen molar-refractivity contribution in [2.45, 2.75) is 27.2 Å². The fourth-order valence-electron chi connectivity index (χ4n) is 2.07. The molecule has 1 amide bonds. The number of hydrazone groups is 1. The first-order valence-corrected chi connectivity index (χ1v) is 5.94. The zero-order chi connectivity index (χ0) is 13.3. The number of carbonyl (C=O) groups is 1. The maximum Gasteiger partial charge on any atom is 0.257 e. The van der Waals surface area contributed by atoms with Gasteiger partial charge in [-0.3, -0.25) is 4.79 Å². The van der Waals surface area contributed by atoms with E-state index in [4.69, 9.17) is 5.73 Å². The molecule has 1 aliphatic heterocycles. The number of aryl methyl sites for hydroxylation is 2. The van der Waals surface area contributed by atoms with Crippen molar-refractivity contribution in [2.75, 3.05) is 11.6 Å². The normalized spacial score (nSPS) is 19.3. The fourth-order valence-corrected chi connectivity index (χ4v) is 2.07. The van der Waals surface area contributed by atoms with Crippen molar-refractivity contribution in [1.29, 1.82) is 0 Å². The van der Waals surface area contributed by atoms with Crippen LogP contribution in [-0.4, -0.2) is 28.1 Å². The lowest BCUT2D eigenvalue weighted by Crippen LogP contribution is -2.29. The molecule has 6 nitrogen and oxygen atoms in total. The first kappa shape index (κ1) is 12.6. The molecule has 96 valence electrons. The number of carbonyl (C=O) groups excluding carboxylic acids is 1. The summed E-state index contributed by atoms with van der Waals surface area (Å²) in [5.74, 6) is 0.887. The summed E-state index contributed by atoms with van der Waals surface area (Å²) >= 11 is 0. The van der Waals surface area contributed by atoms with Gasteiger partial charge in [-0.2, -0.15) is 10.1 Å². The second kappa shape index (κ2) is 4.81. The summed E-state index contributed by atoms with van der Waals surface area (Å²) in [7, 11) is 0. The predicted octanol–water partition coefficient (Wildman–Crippen LogP) is 0.781. The Balaban J connectivity index is 2.33. The lowest BCUT2D eigenvalue weighted by molar-refractivity contribution is -0.119. The molecule has 2 N–H and O–H groups in total. The zero-order valence-electron chi connectivity index (χ0n) is 10.8. The van der Waals surface area contributed by atoms with Crippen molar-refractivity contribution >= 4 is 17.4 Å². The van der Waals surface area contributed by atoms with E-state index in [1.165, 1.54) is 5.01 Å². The van der Waals surface area contributed by atoms with E-state index in [1.54, 1.807) is 13.0 Å². The maximum absolute atomic E-state index is 12.2. The third-order valence-corrected chi connectivity index (χ3v) is 2.89. The second-order valence-corrected chi connectivity index (χ2v) is 4.44. The van der Waals surface area contributed by atoms with Crippen LogP contribution in [0.4, 0.5) is 5.82 Å². The summed E-state index contributed by atoms with van der Waals surface area (Å²) in [6.07, 6.45) is 0.619. The Labute approximate surface area is 106 Å². The Morgan fingerprint density at radius 3 is 2.67 bits per heavy atom. The molecular weight excluding hydrogens is 230 g/mol. The molecule has 0 saturated carbocycles. The molecular formula is C12H17N5O. The van der Waals surface area contributed by atoms with Crippen LogP contribution in [0, 0.1) is 19.8 Å². The Morgan fingerprint density at radius 1 is 1.33 bits per heavy atom. The van der Waals surface area contributed by atoms with E-state index < -0.39 is 0 Å². The number of amides is 1. The molecule has 0 radical (unpaired) electrons. The van der Waals surface area contributed by atoms with Crippen LogP contribution in [0.15, 0.2) is 11.2 Å². The van der Waals surface area contributed by atoms with Crippen molar-refractivity contribution in [1.82, 2.24) is 9.97 Å². The average molecular weight is 247 g/mol. The van der Waals surface area contributed by atoms with E-state index in [9.17, 15) is 4.79 Å².